The fourth-order valence-electron chi connectivity index (χ4n) is 4.44. The fraction of sp³-hybridized carbons (Fsp3) is 1.00. The Morgan fingerprint density at radius 2 is 1.83 bits per heavy atom. The van der Waals surface area contributed by atoms with E-state index >= 15 is 0 Å². The van der Waals surface area contributed by atoms with Gasteiger partial charge in [0, 0.05) is 18.9 Å². The minimum absolute atomic E-state index is 0.144. The molecule has 0 bridgehead atoms. The zero-order chi connectivity index (χ0) is 16.9. The summed E-state index contributed by atoms with van der Waals surface area (Å²) in [4.78, 5) is 0. The van der Waals surface area contributed by atoms with Crippen LogP contribution in [0.3, 0.4) is 0 Å². The highest BCUT2D eigenvalue weighted by Crippen LogP contribution is 2.55. The number of aliphatic hydroxyl groups is 1. The van der Waals surface area contributed by atoms with Crippen LogP contribution in [0.25, 0.3) is 0 Å². The van der Waals surface area contributed by atoms with Crippen molar-refractivity contribution in [3.05, 3.63) is 0 Å². The molecule has 1 heterocycles. The summed E-state index contributed by atoms with van der Waals surface area (Å²) < 4.78 is 18.8. The van der Waals surface area contributed by atoms with Gasteiger partial charge in [-0.15, -0.1) is 0 Å². The molecule has 0 amide bonds. The number of hydrogen-bond donors (Lipinski definition) is 1. The molecule has 3 rings (SSSR count). The molecule has 1 saturated heterocycles. The Hall–Kier alpha value is 0.0569. The van der Waals surface area contributed by atoms with Crippen molar-refractivity contribution < 1.29 is 19.0 Å². The van der Waals surface area contributed by atoms with Gasteiger partial charge in [0.15, 0.2) is 14.1 Å². The fourth-order valence-corrected chi connectivity index (χ4v) is 5.47. The van der Waals surface area contributed by atoms with Crippen LogP contribution in [-0.4, -0.2) is 45.1 Å². The Morgan fingerprint density at radius 3 is 2.43 bits per heavy atom. The minimum Gasteiger partial charge on any atom is -0.416 e. The molecule has 2 aliphatic carbocycles. The Kier molecular flexibility index (Phi) is 4.73. The summed E-state index contributed by atoms with van der Waals surface area (Å²) in [6.45, 7) is 13.6. The van der Waals surface area contributed by atoms with Gasteiger partial charge in [0.05, 0.1) is 19.3 Å². The van der Waals surface area contributed by atoms with Gasteiger partial charge in [-0.1, -0.05) is 20.8 Å². The molecular weight excluding hydrogens is 308 g/mol. The summed E-state index contributed by atoms with van der Waals surface area (Å²) in [6.07, 6.45) is 3.67. The number of fused-ring (bicyclic) bond motifs is 1. The van der Waals surface area contributed by atoms with Crippen molar-refractivity contribution in [2.45, 2.75) is 76.5 Å². The molecule has 1 spiro atoms. The summed E-state index contributed by atoms with van der Waals surface area (Å²) in [5, 5.41) is 10.3. The van der Waals surface area contributed by atoms with Gasteiger partial charge in [0.2, 0.25) is 0 Å². The number of rotatable bonds is 3. The standard InChI is InChI=1S/C18H34O4Si/c1-17(2,3)23(4,5)22-12-16-15-7-6-14(19)10-13(15)11-18(16)20-8-9-21-18/h13-16,19H,6-12H2,1-5H3/t13-,14?,15+,16-/m0/s1. The largest absolute Gasteiger partial charge is 0.416 e. The van der Waals surface area contributed by atoms with Gasteiger partial charge < -0.3 is 19.0 Å². The van der Waals surface area contributed by atoms with Crippen molar-refractivity contribution in [2.75, 3.05) is 19.8 Å². The maximum Gasteiger partial charge on any atom is 0.191 e. The van der Waals surface area contributed by atoms with E-state index in [0.717, 1.165) is 32.3 Å². The second kappa shape index (κ2) is 6.10. The summed E-state index contributed by atoms with van der Waals surface area (Å²) in [5.74, 6) is 0.963. The Balaban J connectivity index is 1.75. The Labute approximate surface area is 142 Å². The molecule has 0 aromatic carbocycles. The average molecular weight is 343 g/mol. The Morgan fingerprint density at radius 1 is 1.17 bits per heavy atom. The highest BCUT2D eigenvalue weighted by molar-refractivity contribution is 6.74. The van der Waals surface area contributed by atoms with Gasteiger partial charge >= 0.3 is 0 Å². The van der Waals surface area contributed by atoms with Crippen LogP contribution in [0.1, 0.15) is 46.5 Å². The summed E-state index contributed by atoms with van der Waals surface area (Å²) in [6, 6.07) is 0. The van der Waals surface area contributed by atoms with Crippen LogP contribution in [0.4, 0.5) is 0 Å². The third-order valence-corrected chi connectivity index (χ3v) is 11.3. The van der Waals surface area contributed by atoms with E-state index in [0.29, 0.717) is 31.0 Å². The predicted molar refractivity (Wildman–Crippen MR) is 92.7 cm³/mol. The zero-order valence-corrected chi connectivity index (χ0v) is 16.4. The lowest BCUT2D eigenvalue weighted by Gasteiger charge is -2.40. The van der Waals surface area contributed by atoms with E-state index < -0.39 is 14.1 Å². The monoisotopic (exact) mass is 342 g/mol. The summed E-state index contributed by atoms with van der Waals surface area (Å²) in [7, 11) is -1.77. The molecule has 3 aliphatic rings. The van der Waals surface area contributed by atoms with Crippen molar-refractivity contribution >= 4 is 8.32 Å². The second-order valence-corrected chi connectivity index (χ2v) is 14.1. The maximum atomic E-state index is 10.0. The van der Waals surface area contributed by atoms with Crippen molar-refractivity contribution in [3.63, 3.8) is 0 Å². The van der Waals surface area contributed by atoms with Crippen molar-refractivity contribution in [3.8, 4) is 0 Å². The Bertz CT molecular complexity index is 425. The topological polar surface area (TPSA) is 47.9 Å². The molecule has 0 radical (unpaired) electrons. The SMILES string of the molecule is CC(C)(C)[Si](C)(C)OC[C@H]1[C@@H]2CCC(O)C[C@H]2CC12OCCO2. The molecule has 0 aromatic heterocycles. The van der Waals surface area contributed by atoms with E-state index in [4.69, 9.17) is 13.9 Å². The molecule has 4 atom stereocenters. The minimum atomic E-state index is -1.77. The first-order valence-electron chi connectivity index (χ1n) is 9.24. The quantitative estimate of drug-likeness (QED) is 0.797. The highest BCUT2D eigenvalue weighted by Gasteiger charge is 2.58. The van der Waals surface area contributed by atoms with Crippen molar-refractivity contribution in [1.82, 2.24) is 0 Å². The molecule has 0 aromatic rings. The highest BCUT2D eigenvalue weighted by atomic mass is 28.4. The van der Waals surface area contributed by atoms with Crippen molar-refractivity contribution in [1.29, 1.82) is 0 Å². The lowest BCUT2D eigenvalue weighted by molar-refractivity contribution is -0.193. The molecule has 4 nitrogen and oxygen atoms in total. The third-order valence-electron chi connectivity index (χ3n) is 6.85. The van der Waals surface area contributed by atoms with Crippen LogP contribution < -0.4 is 0 Å². The first-order chi connectivity index (χ1) is 10.6. The smallest absolute Gasteiger partial charge is 0.191 e. The number of ether oxygens (including phenoxy) is 2. The van der Waals surface area contributed by atoms with Gasteiger partial charge in [-0.3, -0.25) is 0 Å². The normalized spacial score (nSPS) is 37.3. The van der Waals surface area contributed by atoms with Crippen LogP contribution in [0, 0.1) is 17.8 Å². The van der Waals surface area contributed by atoms with Gasteiger partial charge in [-0.2, -0.15) is 0 Å². The molecule has 5 heteroatoms. The van der Waals surface area contributed by atoms with Gasteiger partial charge in [0.25, 0.3) is 0 Å². The van der Waals surface area contributed by atoms with Crippen LogP contribution in [0.5, 0.6) is 0 Å². The number of hydrogen-bond acceptors (Lipinski definition) is 4. The van der Waals surface area contributed by atoms with E-state index in [-0.39, 0.29) is 11.1 Å². The van der Waals surface area contributed by atoms with E-state index in [9.17, 15) is 5.11 Å². The molecule has 2 saturated carbocycles. The molecule has 3 fully saturated rings. The number of aliphatic hydroxyl groups excluding tert-OH is 1. The van der Waals surface area contributed by atoms with Gasteiger partial charge in [-0.25, -0.2) is 0 Å². The molecule has 1 aliphatic heterocycles. The molecular formula is C18H34O4Si. The zero-order valence-electron chi connectivity index (χ0n) is 15.4. The van der Waals surface area contributed by atoms with Gasteiger partial charge in [0.1, 0.15) is 0 Å². The summed E-state index contributed by atoms with van der Waals surface area (Å²) in [5.41, 5.74) is 0. The third kappa shape index (κ3) is 3.27. The van der Waals surface area contributed by atoms with Crippen LogP contribution >= 0.6 is 0 Å². The predicted octanol–water partition coefficient (Wildman–Crippen LogP) is 3.55. The van der Waals surface area contributed by atoms with Crippen molar-refractivity contribution in [2.24, 2.45) is 17.8 Å². The lowest BCUT2D eigenvalue weighted by Crippen LogP contribution is -2.46. The molecule has 1 N–H and O–H groups in total. The van der Waals surface area contributed by atoms with E-state index in [1.807, 2.05) is 0 Å². The first-order valence-corrected chi connectivity index (χ1v) is 12.2. The molecule has 23 heavy (non-hydrogen) atoms. The maximum absolute atomic E-state index is 10.0. The first kappa shape index (κ1) is 17.9. The van der Waals surface area contributed by atoms with Gasteiger partial charge in [-0.05, 0) is 49.2 Å². The lowest BCUT2D eigenvalue weighted by atomic mass is 9.77. The molecule has 1 unspecified atom stereocenters. The molecule has 134 valence electrons. The second-order valence-electron chi connectivity index (χ2n) is 9.28. The average Bonchev–Trinajstić information content (AvgIpc) is 3.00. The van der Waals surface area contributed by atoms with Crippen LogP contribution in [0.2, 0.25) is 18.1 Å². The van der Waals surface area contributed by atoms with E-state index in [1.54, 1.807) is 0 Å². The van der Waals surface area contributed by atoms with Crippen LogP contribution in [-0.2, 0) is 13.9 Å². The van der Waals surface area contributed by atoms with Crippen LogP contribution in [0.15, 0.2) is 0 Å². The summed E-state index contributed by atoms with van der Waals surface area (Å²) >= 11 is 0. The van der Waals surface area contributed by atoms with E-state index in [2.05, 4.69) is 33.9 Å². The van der Waals surface area contributed by atoms with E-state index in [1.165, 1.54) is 0 Å².